The molecule has 0 spiro atoms. The summed E-state index contributed by atoms with van der Waals surface area (Å²) in [6.45, 7) is 4.38. The standard InChI is InChI=1S/C12H23N3O/c1-13-12(16)10-4-3-7-15(8-10)9-11-5-2-6-14-11/h10-11,14H,2-9H2,1H3,(H,13,16)/t10?,11-/m0/s1. The first-order valence-corrected chi connectivity index (χ1v) is 6.47. The van der Waals surface area contributed by atoms with E-state index in [1.165, 1.54) is 12.8 Å². The van der Waals surface area contributed by atoms with Crippen molar-refractivity contribution >= 4 is 5.91 Å². The smallest absolute Gasteiger partial charge is 0.224 e. The average Bonchev–Trinajstić information content (AvgIpc) is 2.81. The summed E-state index contributed by atoms with van der Waals surface area (Å²) in [4.78, 5) is 14.0. The van der Waals surface area contributed by atoms with Gasteiger partial charge in [-0.1, -0.05) is 0 Å². The number of amides is 1. The molecule has 4 heteroatoms. The Kier molecular flexibility index (Phi) is 4.18. The second-order valence-corrected chi connectivity index (χ2v) is 5.01. The first-order valence-electron chi connectivity index (χ1n) is 6.47. The predicted octanol–water partition coefficient (Wildman–Crippen LogP) is 0.196. The fourth-order valence-electron chi connectivity index (χ4n) is 2.86. The number of hydrogen-bond acceptors (Lipinski definition) is 3. The Balaban J connectivity index is 1.79. The van der Waals surface area contributed by atoms with Crippen LogP contribution in [0.3, 0.4) is 0 Å². The van der Waals surface area contributed by atoms with Crippen LogP contribution < -0.4 is 10.6 Å². The van der Waals surface area contributed by atoms with Crippen LogP contribution in [0.4, 0.5) is 0 Å². The normalized spacial score (nSPS) is 31.6. The van der Waals surface area contributed by atoms with E-state index in [9.17, 15) is 4.79 Å². The Hall–Kier alpha value is -0.610. The Bertz CT molecular complexity index is 238. The van der Waals surface area contributed by atoms with Crippen LogP contribution in [0.2, 0.25) is 0 Å². The summed E-state index contributed by atoms with van der Waals surface area (Å²) in [6.07, 6.45) is 4.80. The van der Waals surface area contributed by atoms with Gasteiger partial charge >= 0.3 is 0 Å². The highest BCUT2D eigenvalue weighted by molar-refractivity contribution is 5.78. The van der Waals surface area contributed by atoms with Crippen molar-refractivity contribution in [2.75, 3.05) is 33.2 Å². The van der Waals surface area contributed by atoms with Gasteiger partial charge in [0.2, 0.25) is 5.91 Å². The molecule has 2 atom stereocenters. The minimum Gasteiger partial charge on any atom is -0.359 e. The fourth-order valence-corrected chi connectivity index (χ4v) is 2.86. The lowest BCUT2D eigenvalue weighted by atomic mass is 9.96. The van der Waals surface area contributed by atoms with E-state index in [4.69, 9.17) is 0 Å². The maximum atomic E-state index is 11.6. The number of piperidine rings is 1. The van der Waals surface area contributed by atoms with E-state index in [-0.39, 0.29) is 11.8 Å². The molecule has 4 nitrogen and oxygen atoms in total. The van der Waals surface area contributed by atoms with Gasteiger partial charge in [0, 0.05) is 26.2 Å². The molecule has 2 saturated heterocycles. The molecule has 2 aliphatic heterocycles. The van der Waals surface area contributed by atoms with Gasteiger partial charge < -0.3 is 15.5 Å². The summed E-state index contributed by atoms with van der Waals surface area (Å²) in [5, 5.41) is 6.29. The maximum Gasteiger partial charge on any atom is 0.224 e. The zero-order valence-corrected chi connectivity index (χ0v) is 10.2. The van der Waals surface area contributed by atoms with Crippen molar-refractivity contribution in [3.63, 3.8) is 0 Å². The van der Waals surface area contributed by atoms with E-state index in [2.05, 4.69) is 15.5 Å². The topological polar surface area (TPSA) is 44.4 Å². The minimum atomic E-state index is 0.208. The number of rotatable bonds is 3. The molecule has 0 saturated carbocycles. The molecule has 92 valence electrons. The molecule has 0 aromatic rings. The zero-order chi connectivity index (χ0) is 11.4. The number of carbonyl (C=O) groups excluding carboxylic acids is 1. The molecule has 0 aliphatic carbocycles. The van der Waals surface area contributed by atoms with Crippen LogP contribution >= 0.6 is 0 Å². The first kappa shape index (κ1) is 11.9. The summed E-state index contributed by atoms with van der Waals surface area (Å²) < 4.78 is 0. The molecule has 0 radical (unpaired) electrons. The third-order valence-electron chi connectivity index (χ3n) is 3.76. The monoisotopic (exact) mass is 225 g/mol. The van der Waals surface area contributed by atoms with E-state index >= 15 is 0 Å². The van der Waals surface area contributed by atoms with Gasteiger partial charge in [0.25, 0.3) is 0 Å². The van der Waals surface area contributed by atoms with Gasteiger partial charge in [-0.05, 0) is 38.8 Å². The number of nitrogens with one attached hydrogen (secondary N) is 2. The molecular weight excluding hydrogens is 202 g/mol. The lowest BCUT2D eigenvalue weighted by Crippen LogP contribution is -2.46. The highest BCUT2D eigenvalue weighted by atomic mass is 16.1. The van der Waals surface area contributed by atoms with Gasteiger partial charge in [-0.15, -0.1) is 0 Å². The molecule has 16 heavy (non-hydrogen) atoms. The minimum absolute atomic E-state index is 0.208. The van der Waals surface area contributed by atoms with E-state index in [0.717, 1.165) is 39.0 Å². The fraction of sp³-hybridized carbons (Fsp3) is 0.917. The lowest BCUT2D eigenvalue weighted by molar-refractivity contribution is -0.126. The summed E-state index contributed by atoms with van der Waals surface area (Å²) in [6, 6.07) is 0.656. The SMILES string of the molecule is CNC(=O)C1CCCN(C[C@@H]2CCCN2)C1. The predicted molar refractivity (Wildman–Crippen MR) is 64.3 cm³/mol. The van der Waals surface area contributed by atoms with Gasteiger partial charge in [-0.25, -0.2) is 0 Å². The molecule has 2 N–H and O–H groups in total. The van der Waals surface area contributed by atoms with Gasteiger partial charge in [-0.2, -0.15) is 0 Å². The molecule has 2 fully saturated rings. The summed E-state index contributed by atoms with van der Waals surface area (Å²) in [5.41, 5.74) is 0. The van der Waals surface area contributed by atoms with Crippen molar-refractivity contribution in [2.45, 2.75) is 31.7 Å². The van der Waals surface area contributed by atoms with E-state index in [1.807, 2.05) is 0 Å². The van der Waals surface area contributed by atoms with Crippen molar-refractivity contribution in [3.8, 4) is 0 Å². The molecule has 1 unspecified atom stereocenters. The van der Waals surface area contributed by atoms with Crippen molar-refractivity contribution in [1.29, 1.82) is 0 Å². The third-order valence-corrected chi connectivity index (χ3v) is 3.76. The van der Waals surface area contributed by atoms with Crippen LogP contribution in [0.25, 0.3) is 0 Å². The Morgan fingerprint density at radius 2 is 2.31 bits per heavy atom. The van der Waals surface area contributed by atoms with Crippen molar-refractivity contribution in [3.05, 3.63) is 0 Å². The Morgan fingerprint density at radius 1 is 1.44 bits per heavy atom. The highest BCUT2D eigenvalue weighted by Gasteiger charge is 2.27. The third kappa shape index (κ3) is 2.95. The van der Waals surface area contributed by atoms with Gasteiger partial charge in [0.15, 0.2) is 0 Å². The summed E-state index contributed by atoms with van der Waals surface area (Å²) in [7, 11) is 1.74. The largest absolute Gasteiger partial charge is 0.359 e. The average molecular weight is 225 g/mol. The lowest BCUT2D eigenvalue weighted by Gasteiger charge is -2.33. The molecule has 0 bridgehead atoms. The van der Waals surface area contributed by atoms with E-state index in [0.29, 0.717) is 6.04 Å². The van der Waals surface area contributed by atoms with E-state index in [1.54, 1.807) is 7.05 Å². The van der Waals surface area contributed by atoms with Crippen LogP contribution in [0.5, 0.6) is 0 Å². The maximum absolute atomic E-state index is 11.6. The van der Waals surface area contributed by atoms with Crippen molar-refractivity contribution < 1.29 is 4.79 Å². The van der Waals surface area contributed by atoms with Crippen LogP contribution in [0.15, 0.2) is 0 Å². The second kappa shape index (κ2) is 5.64. The Morgan fingerprint density at radius 3 is 3.00 bits per heavy atom. The molecule has 2 rings (SSSR count). The van der Waals surface area contributed by atoms with Crippen molar-refractivity contribution in [1.82, 2.24) is 15.5 Å². The number of hydrogen-bond donors (Lipinski definition) is 2. The van der Waals surface area contributed by atoms with Crippen molar-refractivity contribution in [2.24, 2.45) is 5.92 Å². The summed E-state index contributed by atoms with van der Waals surface area (Å²) >= 11 is 0. The Labute approximate surface area is 97.8 Å². The molecule has 2 heterocycles. The molecule has 0 aromatic carbocycles. The van der Waals surface area contributed by atoms with Gasteiger partial charge in [0.1, 0.15) is 0 Å². The van der Waals surface area contributed by atoms with E-state index < -0.39 is 0 Å². The zero-order valence-electron chi connectivity index (χ0n) is 10.2. The van der Waals surface area contributed by atoms with Gasteiger partial charge in [0.05, 0.1) is 5.92 Å². The summed E-state index contributed by atoms with van der Waals surface area (Å²) in [5.74, 6) is 0.421. The number of carbonyl (C=O) groups is 1. The number of nitrogens with zero attached hydrogens (tertiary/aromatic N) is 1. The second-order valence-electron chi connectivity index (χ2n) is 5.01. The highest BCUT2D eigenvalue weighted by Crippen LogP contribution is 2.18. The molecule has 1 amide bonds. The molecule has 0 aromatic heterocycles. The van der Waals surface area contributed by atoms with Crippen LogP contribution in [-0.2, 0) is 4.79 Å². The molecule has 2 aliphatic rings. The first-order chi connectivity index (χ1) is 7.79. The van der Waals surface area contributed by atoms with Gasteiger partial charge in [-0.3, -0.25) is 4.79 Å². The number of likely N-dealkylation sites (tertiary alicyclic amines) is 1. The molecular formula is C12H23N3O. The quantitative estimate of drug-likeness (QED) is 0.721. The van der Waals surface area contributed by atoms with Crippen LogP contribution in [0, 0.1) is 5.92 Å². The van der Waals surface area contributed by atoms with Crippen LogP contribution in [-0.4, -0.2) is 50.1 Å². The van der Waals surface area contributed by atoms with Crippen LogP contribution in [0.1, 0.15) is 25.7 Å².